The highest BCUT2D eigenvalue weighted by atomic mass is 35.5. The average molecular weight is 297 g/mol. The standard InChI is InChI=1S/C15H18ClFN2O/c1-2-9-3-5-15(6-4-9)14(20)18-12-8-11(17)10(16)7-13(12)19-15/h7-9,19H,2-6H2,1H3,(H,18,20). The van der Waals surface area contributed by atoms with E-state index in [9.17, 15) is 9.18 Å². The Morgan fingerprint density at radius 3 is 2.70 bits per heavy atom. The molecule has 1 amide bonds. The zero-order chi connectivity index (χ0) is 14.3. The van der Waals surface area contributed by atoms with E-state index in [2.05, 4.69) is 17.6 Å². The van der Waals surface area contributed by atoms with Crippen LogP contribution in [-0.2, 0) is 4.79 Å². The van der Waals surface area contributed by atoms with Crippen LogP contribution in [0.2, 0.25) is 5.02 Å². The minimum atomic E-state index is -0.556. The van der Waals surface area contributed by atoms with Crippen LogP contribution in [0.3, 0.4) is 0 Å². The topological polar surface area (TPSA) is 41.1 Å². The highest BCUT2D eigenvalue weighted by Gasteiger charge is 2.44. The summed E-state index contributed by atoms with van der Waals surface area (Å²) < 4.78 is 13.5. The number of halogens is 2. The molecule has 1 fully saturated rings. The number of rotatable bonds is 1. The predicted octanol–water partition coefficient (Wildman–Crippen LogP) is 4.18. The molecule has 0 atom stereocenters. The summed E-state index contributed by atoms with van der Waals surface area (Å²) in [6.45, 7) is 2.19. The molecule has 1 aromatic carbocycles. The lowest BCUT2D eigenvalue weighted by molar-refractivity contribution is -0.121. The minimum absolute atomic E-state index is 0.0544. The first-order valence-electron chi connectivity index (χ1n) is 7.13. The lowest BCUT2D eigenvalue weighted by atomic mass is 9.74. The first-order chi connectivity index (χ1) is 9.54. The van der Waals surface area contributed by atoms with E-state index in [1.807, 2.05) is 0 Å². The zero-order valence-electron chi connectivity index (χ0n) is 11.4. The summed E-state index contributed by atoms with van der Waals surface area (Å²) in [6.07, 6.45) is 4.87. The third-order valence-electron chi connectivity index (χ3n) is 4.65. The van der Waals surface area contributed by atoms with E-state index in [-0.39, 0.29) is 10.9 Å². The smallest absolute Gasteiger partial charge is 0.250 e. The summed E-state index contributed by atoms with van der Waals surface area (Å²) in [7, 11) is 0. The minimum Gasteiger partial charge on any atom is -0.369 e. The lowest BCUT2D eigenvalue weighted by Crippen LogP contribution is -2.54. The first kappa shape index (κ1) is 13.7. The van der Waals surface area contributed by atoms with Gasteiger partial charge in [-0.2, -0.15) is 0 Å². The monoisotopic (exact) mass is 296 g/mol. The molecule has 108 valence electrons. The van der Waals surface area contributed by atoms with Gasteiger partial charge in [0.1, 0.15) is 11.4 Å². The Hall–Kier alpha value is -1.29. The van der Waals surface area contributed by atoms with Crippen molar-refractivity contribution in [2.75, 3.05) is 10.6 Å². The molecule has 1 aromatic rings. The van der Waals surface area contributed by atoms with Gasteiger partial charge in [0.2, 0.25) is 5.91 Å². The number of anilines is 2. The summed E-state index contributed by atoms with van der Waals surface area (Å²) >= 11 is 5.83. The van der Waals surface area contributed by atoms with Crippen molar-refractivity contribution in [3.63, 3.8) is 0 Å². The number of hydrogen-bond donors (Lipinski definition) is 2. The van der Waals surface area contributed by atoms with Crippen LogP contribution in [0.1, 0.15) is 39.0 Å². The third-order valence-corrected chi connectivity index (χ3v) is 4.94. The second kappa shape index (κ2) is 4.92. The molecule has 2 aliphatic rings. The van der Waals surface area contributed by atoms with Crippen molar-refractivity contribution >= 4 is 28.9 Å². The molecule has 1 saturated carbocycles. The van der Waals surface area contributed by atoms with Gasteiger partial charge in [-0.05, 0) is 37.7 Å². The molecule has 3 nitrogen and oxygen atoms in total. The number of hydrogen-bond acceptors (Lipinski definition) is 2. The van der Waals surface area contributed by atoms with Gasteiger partial charge in [-0.15, -0.1) is 0 Å². The first-order valence-corrected chi connectivity index (χ1v) is 7.50. The number of benzene rings is 1. The van der Waals surface area contributed by atoms with E-state index in [4.69, 9.17) is 11.6 Å². The van der Waals surface area contributed by atoms with Crippen LogP contribution in [-0.4, -0.2) is 11.4 Å². The molecule has 3 rings (SSSR count). The molecule has 1 aliphatic carbocycles. The summed E-state index contributed by atoms with van der Waals surface area (Å²) in [6, 6.07) is 2.83. The van der Waals surface area contributed by atoms with Gasteiger partial charge in [-0.1, -0.05) is 24.9 Å². The molecule has 1 spiro atoms. The largest absolute Gasteiger partial charge is 0.369 e. The van der Waals surface area contributed by atoms with Gasteiger partial charge in [0.25, 0.3) is 0 Å². The van der Waals surface area contributed by atoms with E-state index in [1.165, 1.54) is 6.07 Å². The van der Waals surface area contributed by atoms with Gasteiger partial charge in [-0.25, -0.2) is 4.39 Å². The Bertz CT molecular complexity index is 553. The number of amides is 1. The fourth-order valence-electron chi connectivity index (χ4n) is 3.24. The maximum absolute atomic E-state index is 13.5. The maximum atomic E-state index is 13.5. The van der Waals surface area contributed by atoms with Crippen molar-refractivity contribution in [3.8, 4) is 0 Å². The molecule has 0 unspecified atom stereocenters. The van der Waals surface area contributed by atoms with Crippen molar-refractivity contribution in [1.29, 1.82) is 0 Å². The molecule has 20 heavy (non-hydrogen) atoms. The van der Waals surface area contributed by atoms with Crippen molar-refractivity contribution < 1.29 is 9.18 Å². The van der Waals surface area contributed by atoms with E-state index >= 15 is 0 Å². The van der Waals surface area contributed by atoms with Crippen molar-refractivity contribution in [1.82, 2.24) is 0 Å². The van der Waals surface area contributed by atoms with Gasteiger partial charge >= 0.3 is 0 Å². The van der Waals surface area contributed by atoms with E-state index in [0.717, 1.165) is 32.1 Å². The third kappa shape index (κ3) is 2.16. The molecule has 2 N–H and O–H groups in total. The fraction of sp³-hybridized carbons (Fsp3) is 0.533. The fourth-order valence-corrected chi connectivity index (χ4v) is 3.40. The van der Waals surface area contributed by atoms with Gasteiger partial charge in [0, 0.05) is 6.07 Å². The quantitative estimate of drug-likeness (QED) is 0.816. The highest BCUT2D eigenvalue weighted by Crippen LogP contribution is 2.42. The lowest BCUT2D eigenvalue weighted by Gasteiger charge is -2.43. The van der Waals surface area contributed by atoms with Crippen molar-refractivity contribution in [2.24, 2.45) is 5.92 Å². The summed E-state index contributed by atoms with van der Waals surface area (Å²) in [5.41, 5.74) is 0.630. The molecule has 0 aromatic heterocycles. The van der Waals surface area contributed by atoms with Crippen LogP contribution >= 0.6 is 11.6 Å². The number of carbonyl (C=O) groups is 1. The molecular formula is C15H18ClFN2O. The van der Waals surface area contributed by atoms with Gasteiger partial charge in [0.05, 0.1) is 16.4 Å². The highest BCUT2D eigenvalue weighted by molar-refractivity contribution is 6.31. The molecule has 5 heteroatoms. The Balaban J connectivity index is 1.89. The number of nitrogens with one attached hydrogen (secondary N) is 2. The maximum Gasteiger partial charge on any atom is 0.250 e. The molecular weight excluding hydrogens is 279 g/mol. The molecule has 0 saturated heterocycles. The predicted molar refractivity (Wildman–Crippen MR) is 78.6 cm³/mol. The Morgan fingerprint density at radius 1 is 1.35 bits per heavy atom. The second-order valence-electron chi connectivity index (χ2n) is 5.82. The molecule has 0 radical (unpaired) electrons. The van der Waals surface area contributed by atoms with Gasteiger partial charge in [0.15, 0.2) is 0 Å². The molecule has 0 bridgehead atoms. The summed E-state index contributed by atoms with van der Waals surface area (Å²) in [4.78, 5) is 12.4. The van der Waals surface area contributed by atoms with E-state index in [0.29, 0.717) is 17.3 Å². The van der Waals surface area contributed by atoms with E-state index < -0.39 is 11.4 Å². The van der Waals surface area contributed by atoms with Crippen LogP contribution in [0, 0.1) is 11.7 Å². The average Bonchev–Trinajstić information content (AvgIpc) is 2.44. The Morgan fingerprint density at radius 2 is 2.05 bits per heavy atom. The summed E-state index contributed by atoms with van der Waals surface area (Å²) in [5, 5.41) is 6.21. The van der Waals surface area contributed by atoms with Crippen LogP contribution in [0.15, 0.2) is 12.1 Å². The molecule has 1 heterocycles. The number of fused-ring (bicyclic) bond motifs is 1. The Kier molecular flexibility index (Phi) is 3.36. The SMILES string of the molecule is CCC1CCC2(CC1)Nc1cc(Cl)c(F)cc1NC2=O. The van der Waals surface area contributed by atoms with Crippen LogP contribution in [0.5, 0.6) is 0 Å². The van der Waals surface area contributed by atoms with E-state index in [1.54, 1.807) is 6.07 Å². The number of carbonyl (C=O) groups excluding carboxylic acids is 1. The van der Waals surface area contributed by atoms with Crippen LogP contribution in [0.4, 0.5) is 15.8 Å². The van der Waals surface area contributed by atoms with Crippen molar-refractivity contribution in [3.05, 3.63) is 23.0 Å². The summed E-state index contributed by atoms with van der Waals surface area (Å²) in [5.74, 6) is 0.132. The van der Waals surface area contributed by atoms with Crippen LogP contribution < -0.4 is 10.6 Å². The zero-order valence-corrected chi connectivity index (χ0v) is 12.2. The Labute approximate surface area is 122 Å². The van der Waals surface area contributed by atoms with Gasteiger partial charge < -0.3 is 10.6 Å². The second-order valence-corrected chi connectivity index (χ2v) is 6.23. The normalized spacial score (nSPS) is 28.8. The van der Waals surface area contributed by atoms with Gasteiger partial charge in [-0.3, -0.25) is 4.79 Å². The van der Waals surface area contributed by atoms with Crippen LogP contribution in [0.25, 0.3) is 0 Å². The van der Waals surface area contributed by atoms with Crippen molar-refractivity contribution in [2.45, 2.75) is 44.6 Å². The molecule has 1 aliphatic heterocycles.